The monoisotopic (exact) mass is 217 g/mol. The number of pyridine rings is 1. The Morgan fingerprint density at radius 3 is 2.81 bits per heavy atom. The van der Waals surface area contributed by atoms with Gasteiger partial charge in [0.15, 0.2) is 5.82 Å². The molecule has 0 saturated heterocycles. The van der Waals surface area contributed by atoms with Gasteiger partial charge in [0.1, 0.15) is 5.56 Å². The molecule has 0 atom stereocenters. The second kappa shape index (κ2) is 4.14. The zero-order valence-corrected chi connectivity index (χ0v) is 8.79. The van der Waals surface area contributed by atoms with E-state index in [1.165, 1.54) is 10.9 Å². The molecule has 2 aromatic heterocycles. The van der Waals surface area contributed by atoms with Crippen molar-refractivity contribution >= 4 is 5.97 Å². The van der Waals surface area contributed by atoms with Crippen LogP contribution in [0.25, 0.3) is 5.82 Å². The smallest absolute Gasteiger partial charge is 0.339 e. The number of nitrogens with zero attached hydrogens (tertiary/aromatic N) is 3. The van der Waals surface area contributed by atoms with Gasteiger partial charge in [-0.25, -0.2) is 14.5 Å². The fraction of sp³-hybridized carbons (Fsp3) is 0.182. The van der Waals surface area contributed by atoms with Crippen LogP contribution >= 0.6 is 0 Å². The van der Waals surface area contributed by atoms with Crippen LogP contribution in [-0.2, 0) is 6.42 Å². The minimum Gasteiger partial charge on any atom is -0.478 e. The molecular formula is C11H11N3O2. The van der Waals surface area contributed by atoms with Gasteiger partial charge in [0.25, 0.3) is 0 Å². The standard InChI is InChI=1S/C11H11N3O2/c1-2-9-8(11(15)16)7-14(13-9)10-5-3-4-6-12-10/h3-7H,2H2,1H3,(H,15,16). The summed E-state index contributed by atoms with van der Waals surface area (Å²) >= 11 is 0. The lowest BCUT2D eigenvalue weighted by Gasteiger charge is -1.97. The molecule has 0 aliphatic rings. The van der Waals surface area contributed by atoms with E-state index in [1.807, 2.05) is 13.0 Å². The first-order chi connectivity index (χ1) is 7.72. The van der Waals surface area contributed by atoms with Crippen LogP contribution in [0.4, 0.5) is 0 Å². The Hall–Kier alpha value is -2.17. The van der Waals surface area contributed by atoms with Crippen molar-refractivity contribution in [1.29, 1.82) is 0 Å². The van der Waals surface area contributed by atoms with E-state index in [4.69, 9.17) is 5.11 Å². The number of rotatable bonds is 3. The topological polar surface area (TPSA) is 68.0 Å². The van der Waals surface area contributed by atoms with Crippen molar-refractivity contribution in [1.82, 2.24) is 14.8 Å². The van der Waals surface area contributed by atoms with E-state index >= 15 is 0 Å². The van der Waals surface area contributed by atoms with Gasteiger partial charge in [-0.15, -0.1) is 0 Å². The lowest BCUT2D eigenvalue weighted by molar-refractivity contribution is 0.0696. The molecule has 0 radical (unpaired) electrons. The Labute approximate surface area is 92.4 Å². The van der Waals surface area contributed by atoms with Gasteiger partial charge in [-0.2, -0.15) is 5.10 Å². The first-order valence-electron chi connectivity index (χ1n) is 4.95. The van der Waals surface area contributed by atoms with Crippen molar-refractivity contribution in [2.45, 2.75) is 13.3 Å². The quantitative estimate of drug-likeness (QED) is 0.846. The maximum Gasteiger partial charge on any atom is 0.339 e. The Bertz CT molecular complexity index is 505. The van der Waals surface area contributed by atoms with Crippen LogP contribution in [0.5, 0.6) is 0 Å². The lowest BCUT2D eigenvalue weighted by atomic mass is 10.2. The van der Waals surface area contributed by atoms with Crippen molar-refractivity contribution in [2.75, 3.05) is 0 Å². The Kier molecular flexibility index (Phi) is 2.68. The summed E-state index contributed by atoms with van der Waals surface area (Å²) < 4.78 is 1.49. The molecule has 0 bridgehead atoms. The van der Waals surface area contributed by atoms with Crippen LogP contribution in [0.15, 0.2) is 30.6 Å². The molecule has 2 heterocycles. The summed E-state index contributed by atoms with van der Waals surface area (Å²) in [5, 5.41) is 13.2. The summed E-state index contributed by atoms with van der Waals surface area (Å²) in [7, 11) is 0. The number of aryl methyl sites for hydroxylation is 1. The molecule has 82 valence electrons. The van der Waals surface area contributed by atoms with Gasteiger partial charge in [-0.3, -0.25) is 0 Å². The minimum atomic E-state index is -0.959. The van der Waals surface area contributed by atoms with E-state index in [2.05, 4.69) is 10.1 Å². The first-order valence-corrected chi connectivity index (χ1v) is 4.95. The van der Waals surface area contributed by atoms with Crippen LogP contribution in [0.2, 0.25) is 0 Å². The summed E-state index contributed by atoms with van der Waals surface area (Å²) in [5.41, 5.74) is 0.798. The molecule has 0 unspecified atom stereocenters. The van der Waals surface area contributed by atoms with Crippen LogP contribution < -0.4 is 0 Å². The number of carboxylic acid groups (broad SMARTS) is 1. The van der Waals surface area contributed by atoms with E-state index in [0.29, 0.717) is 17.9 Å². The van der Waals surface area contributed by atoms with Crippen LogP contribution in [0.3, 0.4) is 0 Å². The Morgan fingerprint density at radius 2 is 2.31 bits per heavy atom. The molecule has 5 nitrogen and oxygen atoms in total. The second-order valence-corrected chi connectivity index (χ2v) is 3.28. The first kappa shape index (κ1) is 10.4. The van der Waals surface area contributed by atoms with Crippen molar-refractivity contribution in [3.63, 3.8) is 0 Å². The number of carbonyl (C=O) groups is 1. The van der Waals surface area contributed by atoms with Gasteiger partial charge >= 0.3 is 5.97 Å². The molecule has 5 heteroatoms. The van der Waals surface area contributed by atoms with Crippen LogP contribution in [-0.4, -0.2) is 25.8 Å². The van der Waals surface area contributed by atoms with E-state index in [0.717, 1.165) is 0 Å². The highest BCUT2D eigenvalue weighted by Crippen LogP contribution is 2.11. The number of hydrogen-bond donors (Lipinski definition) is 1. The third kappa shape index (κ3) is 1.79. The van der Waals surface area contributed by atoms with E-state index < -0.39 is 5.97 Å². The molecule has 0 aromatic carbocycles. The van der Waals surface area contributed by atoms with E-state index in [1.54, 1.807) is 18.3 Å². The van der Waals surface area contributed by atoms with Gasteiger partial charge in [-0.05, 0) is 18.6 Å². The number of hydrogen-bond acceptors (Lipinski definition) is 3. The summed E-state index contributed by atoms with van der Waals surface area (Å²) in [6, 6.07) is 5.40. The molecule has 0 aliphatic heterocycles. The zero-order chi connectivity index (χ0) is 11.5. The largest absolute Gasteiger partial charge is 0.478 e. The number of aromatic carboxylic acids is 1. The normalized spacial score (nSPS) is 10.3. The maximum atomic E-state index is 11.0. The molecule has 0 aliphatic carbocycles. The van der Waals surface area contributed by atoms with E-state index in [-0.39, 0.29) is 5.56 Å². The highest BCUT2D eigenvalue weighted by atomic mass is 16.4. The number of aromatic nitrogens is 3. The van der Waals surface area contributed by atoms with Crippen LogP contribution in [0, 0.1) is 0 Å². The molecular weight excluding hydrogens is 206 g/mol. The summed E-state index contributed by atoms with van der Waals surface area (Å²) in [4.78, 5) is 15.1. The lowest BCUT2D eigenvalue weighted by Crippen LogP contribution is -1.98. The summed E-state index contributed by atoms with van der Waals surface area (Å²) in [5.74, 6) is -0.344. The highest BCUT2D eigenvalue weighted by molar-refractivity contribution is 5.88. The summed E-state index contributed by atoms with van der Waals surface area (Å²) in [6.45, 7) is 1.87. The molecule has 2 aromatic rings. The van der Waals surface area contributed by atoms with Crippen LogP contribution in [0.1, 0.15) is 23.0 Å². The Morgan fingerprint density at radius 1 is 1.50 bits per heavy atom. The second-order valence-electron chi connectivity index (χ2n) is 3.28. The predicted molar refractivity (Wildman–Crippen MR) is 57.7 cm³/mol. The third-order valence-corrected chi connectivity index (χ3v) is 2.24. The fourth-order valence-electron chi connectivity index (χ4n) is 1.46. The molecule has 0 fully saturated rings. The summed E-state index contributed by atoms with van der Waals surface area (Å²) in [6.07, 6.45) is 3.72. The predicted octanol–water partition coefficient (Wildman–Crippen LogP) is 1.53. The average molecular weight is 217 g/mol. The zero-order valence-electron chi connectivity index (χ0n) is 8.79. The third-order valence-electron chi connectivity index (χ3n) is 2.24. The van der Waals surface area contributed by atoms with Gasteiger partial charge in [0.2, 0.25) is 0 Å². The molecule has 1 N–H and O–H groups in total. The van der Waals surface area contributed by atoms with E-state index in [9.17, 15) is 4.79 Å². The molecule has 0 saturated carbocycles. The molecule has 16 heavy (non-hydrogen) atoms. The maximum absolute atomic E-state index is 11.0. The van der Waals surface area contributed by atoms with Crippen molar-refractivity contribution < 1.29 is 9.90 Å². The average Bonchev–Trinajstić information content (AvgIpc) is 2.74. The van der Waals surface area contributed by atoms with Gasteiger partial charge in [0, 0.05) is 12.4 Å². The van der Waals surface area contributed by atoms with Crippen molar-refractivity contribution in [3.05, 3.63) is 41.9 Å². The van der Waals surface area contributed by atoms with Crippen molar-refractivity contribution in [3.8, 4) is 5.82 Å². The van der Waals surface area contributed by atoms with Gasteiger partial charge in [-0.1, -0.05) is 13.0 Å². The SMILES string of the molecule is CCc1nn(-c2ccccn2)cc1C(=O)O. The Balaban J connectivity index is 2.48. The fourth-order valence-corrected chi connectivity index (χ4v) is 1.46. The minimum absolute atomic E-state index is 0.230. The van der Waals surface area contributed by atoms with Gasteiger partial charge < -0.3 is 5.11 Å². The number of carboxylic acids is 1. The van der Waals surface area contributed by atoms with Gasteiger partial charge in [0.05, 0.1) is 5.69 Å². The molecule has 2 rings (SSSR count). The van der Waals surface area contributed by atoms with Crippen molar-refractivity contribution in [2.24, 2.45) is 0 Å². The molecule has 0 spiro atoms. The molecule has 0 amide bonds. The highest BCUT2D eigenvalue weighted by Gasteiger charge is 2.14.